The van der Waals surface area contributed by atoms with Crippen molar-refractivity contribution in [2.24, 2.45) is 5.10 Å². The second kappa shape index (κ2) is 12.0. The van der Waals surface area contributed by atoms with Crippen molar-refractivity contribution < 1.29 is 33.5 Å². The third kappa shape index (κ3) is 6.54. The molecule has 0 spiro atoms. The van der Waals surface area contributed by atoms with Crippen LogP contribution in [0.25, 0.3) is 5.69 Å². The molecule has 0 aliphatic carbocycles. The van der Waals surface area contributed by atoms with Gasteiger partial charge in [-0.25, -0.2) is 10.2 Å². The predicted octanol–water partition coefficient (Wildman–Crippen LogP) is 4.79. The molecule has 0 fully saturated rings. The van der Waals surface area contributed by atoms with Gasteiger partial charge in [0.15, 0.2) is 11.9 Å². The number of benzene rings is 2. The van der Waals surface area contributed by atoms with Gasteiger partial charge in [-0.2, -0.15) is 5.10 Å². The number of ether oxygens (including phenoxy) is 2. The summed E-state index contributed by atoms with van der Waals surface area (Å²) in [5, 5.41) is 24.0. The maximum absolute atomic E-state index is 12.5. The van der Waals surface area contributed by atoms with Crippen LogP contribution < -0.4 is 14.9 Å². The van der Waals surface area contributed by atoms with Crippen LogP contribution in [0.2, 0.25) is 0 Å². The number of hydrogen-bond donors (Lipinski definition) is 2. The van der Waals surface area contributed by atoms with Crippen molar-refractivity contribution in [1.82, 2.24) is 9.99 Å². The van der Waals surface area contributed by atoms with E-state index >= 15 is 0 Å². The standard InChI is InChI=1S/C28H26N4O8/c1-17-4-5-18(2)31(17)21-6-9-23(10-7-21)38-16-24-11-13-26(40-24)27(33)30-29-15-20-14-22(32(36)37)8-12-25(20)39-19(3)28(34)35/h4-15,19H,16H2,1-3H3,(H,30,33)(H,34,35)/b29-15+/t19-/m0/s1. The number of hydrogen-bond acceptors (Lipinski definition) is 8. The van der Waals surface area contributed by atoms with Crippen molar-refractivity contribution in [3.8, 4) is 17.2 Å². The van der Waals surface area contributed by atoms with E-state index in [0.717, 1.165) is 29.4 Å². The molecule has 2 aromatic heterocycles. The van der Waals surface area contributed by atoms with E-state index in [1.807, 2.05) is 38.1 Å². The lowest BCUT2D eigenvalue weighted by Gasteiger charge is -2.12. The van der Waals surface area contributed by atoms with E-state index in [1.54, 1.807) is 6.07 Å². The Morgan fingerprint density at radius 2 is 1.80 bits per heavy atom. The summed E-state index contributed by atoms with van der Waals surface area (Å²) in [5.74, 6) is -0.831. The number of non-ortho nitro benzene ring substituents is 1. The summed E-state index contributed by atoms with van der Waals surface area (Å²) in [6.45, 7) is 5.48. The van der Waals surface area contributed by atoms with Crippen LogP contribution in [-0.4, -0.2) is 38.8 Å². The molecule has 0 radical (unpaired) electrons. The third-order valence-electron chi connectivity index (χ3n) is 5.86. The van der Waals surface area contributed by atoms with E-state index in [-0.39, 0.29) is 29.4 Å². The summed E-state index contributed by atoms with van der Waals surface area (Å²) >= 11 is 0. The first-order valence-electron chi connectivity index (χ1n) is 12.1. The average Bonchev–Trinajstić information content (AvgIpc) is 3.54. The van der Waals surface area contributed by atoms with Crippen molar-refractivity contribution in [2.45, 2.75) is 33.5 Å². The molecule has 2 heterocycles. The predicted molar refractivity (Wildman–Crippen MR) is 144 cm³/mol. The van der Waals surface area contributed by atoms with Gasteiger partial charge in [0.1, 0.15) is 23.9 Å². The number of rotatable bonds is 11. The monoisotopic (exact) mass is 546 g/mol. The number of aromatic nitrogens is 1. The minimum atomic E-state index is -1.22. The largest absolute Gasteiger partial charge is 0.486 e. The molecular weight excluding hydrogens is 520 g/mol. The topological polar surface area (TPSA) is 158 Å². The summed E-state index contributed by atoms with van der Waals surface area (Å²) in [5.41, 5.74) is 5.38. The van der Waals surface area contributed by atoms with E-state index in [4.69, 9.17) is 19.0 Å². The lowest BCUT2D eigenvalue weighted by atomic mass is 10.2. The van der Waals surface area contributed by atoms with Gasteiger partial charge in [0.2, 0.25) is 0 Å². The number of carboxylic acids is 1. The Bertz CT molecular complexity index is 1550. The molecule has 0 bridgehead atoms. The molecule has 12 heteroatoms. The minimum absolute atomic E-state index is 0.0281. The molecule has 4 rings (SSSR count). The smallest absolute Gasteiger partial charge is 0.344 e. The Morgan fingerprint density at radius 1 is 1.10 bits per heavy atom. The second-order valence-corrected chi connectivity index (χ2v) is 8.78. The van der Waals surface area contributed by atoms with E-state index in [0.29, 0.717) is 11.5 Å². The zero-order chi connectivity index (χ0) is 28.8. The molecule has 0 aliphatic rings. The fourth-order valence-corrected chi connectivity index (χ4v) is 3.81. The third-order valence-corrected chi connectivity index (χ3v) is 5.86. The summed E-state index contributed by atoms with van der Waals surface area (Å²) in [6.07, 6.45) is -0.0973. The molecule has 0 unspecified atom stereocenters. The summed E-state index contributed by atoms with van der Waals surface area (Å²) in [6, 6.07) is 18.3. The number of aliphatic carboxylic acids is 1. The number of nitrogens with zero attached hydrogens (tertiary/aromatic N) is 3. The Hall–Kier alpha value is -5.39. The van der Waals surface area contributed by atoms with Gasteiger partial charge in [-0.15, -0.1) is 0 Å². The van der Waals surface area contributed by atoms with Crippen LogP contribution in [0.3, 0.4) is 0 Å². The molecule has 4 aromatic rings. The number of carboxylic acid groups (broad SMARTS) is 1. The zero-order valence-electron chi connectivity index (χ0n) is 21.9. The fourth-order valence-electron chi connectivity index (χ4n) is 3.81. The van der Waals surface area contributed by atoms with Gasteiger partial charge in [-0.3, -0.25) is 14.9 Å². The average molecular weight is 547 g/mol. The van der Waals surface area contributed by atoms with E-state index in [9.17, 15) is 19.7 Å². The summed E-state index contributed by atoms with van der Waals surface area (Å²) in [4.78, 5) is 34.1. The Morgan fingerprint density at radius 3 is 2.45 bits per heavy atom. The molecule has 0 saturated heterocycles. The Balaban J connectivity index is 1.36. The number of aryl methyl sites for hydroxylation is 2. The minimum Gasteiger partial charge on any atom is -0.486 e. The molecule has 1 amide bonds. The first kappa shape index (κ1) is 27.6. The van der Waals surface area contributed by atoms with Crippen molar-refractivity contribution in [3.05, 3.63) is 105 Å². The van der Waals surface area contributed by atoms with Gasteiger partial charge in [0.05, 0.1) is 11.1 Å². The van der Waals surface area contributed by atoms with Gasteiger partial charge in [-0.05, 0) is 75.4 Å². The normalized spacial score (nSPS) is 11.8. The van der Waals surface area contributed by atoms with Gasteiger partial charge in [0, 0.05) is 34.8 Å². The number of amides is 1. The number of nitro benzene ring substituents is 1. The number of hydrazone groups is 1. The number of carbonyl (C=O) groups excluding carboxylic acids is 1. The van der Waals surface area contributed by atoms with Gasteiger partial charge < -0.3 is 23.6 Å². The van der Waals surface area contributed by atoms with Gasteiger partial charge in [0.25, 0.3) is 5.69 Å². The molecule has 0 aliphatic heterocycles. The lowest BCUT2D eigenvalue weighted by molar-refractivity contribution is -0.384. The Kier molecular flexibility index (Phi) is 8.28. The molecule has 40 heavy (non-hydrogen) atoms. The number of nitro groups is 1. The zero-order valence-corrected chi connectivity index (χ0v) is 21.9. The van der Waals surface area contributed by atoms with Crippen molar-refractivity contribution in [1.29, 1.82) is 0 Å². The molecule has 206 valence electrons. The van der Waals surface area contributed by atoms with E-state index in [1.165, 1.54) is 25.1 Å². The van der Waals surface area contributed by atoms with Crippen LogP contribution in [0.5, 0.6) is 11.5 Å². The fraction of sp³-hybridized carbons (Fsp3) is 0.179. The summed E-state index contributed by atoms with van der Waals surface area (Å²) < 4.78 is 18.8. The molecule has 2 aromatic carbocycles. The Labute approximate surface area is 228 Å². The number of nitrogens with one attached hydrogen (secondary N) is 1. The summed E-state index contributed by atoms with van der Waals surface area (Å²) in [7, 11) is 0. The SMILES string of the molecule is Cc1ccc(C)n1-c1ccc(OCc2ccc(C(=O)N/N=C/c3cc([N+](=O)[O-])ccc3O[C@@H](C)C(=O)O)o2)cc1. The van der Waals surface area contributed by atoms with Crippen LogP contribution in [-0.2, 0) is 11.4 Å². The maximum atomic E-state index is 12.5. The highest BCUT2D eigenvalue weighted by Gasteiger charge is 2.17. The first-order valence-corrected chi connectivity index (χ1v) is 12.1. The van der Waals surface area contributed by atoms with Crippen molar-refractivity contribution in [2.75, 3.05) is 0 Å². The highest BCUT2D eigenvalue weighted by Crippen LogP contribution is 2.24. The van der Waals surface area contributed by atoms with E-state index < -0.39 is 22.9 Å². The van der Waals surface area contributed by atoms with Crippen molar-refractivity contribution in [3.63, 3.8) is 0 Å². The number of carbonyl (C=O) groups is 2. The molecule has 12 nitrogen and oxygen atoms in total. The molecule has 1 atom stereocenters. The van der Waals surface area contributed by atoms with Gasteiger partial charge >= 0.3 is 11.9 Å². The first-order chi connectivity index (χ1) is 19.1. The highest BCUT2D eigenvalue weighted by atomic mass is 16.6. The van der Waals surface area contributed by atoms with E-state index in [2.05, 4.69) is 27.2 Å². The van der Waals surface area contributed by atoms with Crippen LogP contribution in [0.1, 0.15) is 40.2 Å². The quantitative estimate of drug-likeness (QED) is 0.154. The lowest BCUT2D eigenvalue weighted by Crippen LogP contribution is -2.23. The van der Waals surface area contributed by atoms with Gasteiger partial charge in [-0.1, -0.05) is 0 Å². The molecular formula is C28H26N4O8. The maximum Gasteiger partial charge on any atom is 0.344 e. The van der Waals surface area contributed by atoms with Crippen LogP contribution in [0.15, 0.2) is 76.2 Å². The highest BCUT2D eigenvalue weighted by molar-refractivity contribution is 5.93. The van der Waals surface area contributed by atoms with Crippen LogP contribution in [0.4, 0.5) is 5.69 Å². The van der Waals surface area contributed by atoms with Crippen LogP contribution in [0, 0.1) is 24.0 Å². The number of furan rings is 1. The molecule has 0 saturated carbocycles. The molecule has 2 N–H and O–H groups in total. The van der Waals surface area contributed by atoms with Crippen molar-refractivity contribution >= 4 is 23.8 Å². The van der Waals surface area contributed by atoms with Crippen LogP contribution >= 0.6 is 0 Å². The second-order valence-electron chi connectivity index (χ2n) is 8.78.